The minimum atomic E-state index is -0.136. The maximum atomic E-state index is 11.6. The van der Waals surface area contributed by atoms with Gasteiger partial charge in [-0.05, 0) is 5.56 Å². The van der Waals surface area contributed by atoms with E-state index in [9.17, 15) is 4.79 Å². The number of benzene rings is 2. The van der Waals surface area contributed by atoms with Crippen molar-refractivity contribution in [3.8, 4) is 0 Å². The SMILES string of the molecule is O=C([C-]=Cc1ccccc1)/C=C/c1ccccc1.[Pd].[Pd]. The molecular formula is C17H13OPd2-. The molecule has 2 aromatic carbocycles. The van der Waals surface area contributed by atoms with Gasteiger partial charge in [-0.15, -0.1) is 35.9 Å². The third-order valence-corrected chi connectivity index (χ3v) is 2.41. The van der Waals surface area contributed by atoms with Gasteiger partial charge in [-0.25, -0.2) is 0 Å². The van der Waals surface area contributed by atoms with Gasteiger partial charge in [0.15, 0.2) is 0 Å². The van der Waals surface area contributed by atoms with Gasteiger partial charge in [-0.3, -0.25) is 0 Å². The molecule has 0 heterocycles. The van der Waals surface area contributed by atoms with Crippen LogP contribution >= 0.6 is 0 Å². The Labute approximate surface area is 147 Å². The molecule has 0 saturated heterocycles. The van der Waals surface area contributed by atoms with Crippen LogP contribution in [-0.2, 0) is 45.6 Å². The van der Waals surface area contributed by atoms with Gasteiger partial charge in [-0.2, -0.15) is 6.08 Å². The molecule has 0 amide bonds. The van der Waals surface area contributed by atoms with E-state index < -0.39 is 0 Å². The van der Waals surface area contributed by atoms with Crippen molar-refractivity contribution in [1.29, 1.82) is 0 Å². The van der Waals surface area contributed by atoms with Crippen molar-refractivity contribution in [2.24, 2.45) is 0 Å². The molecule has 0 aliphatic carbocycles. The standard InChI is InChI=1S/C17H13O.2Pd/c18-17(13-11-15-7-3-1-4-8-15)14-12-16-9-5-2-6-10-16;;/h1-13H;;/q-1;;/b13-11+;;. The summed E-state index contributed by atoms with van der Waals surface area (Å²) in [5, 5.41) is 0. The zero-order chi connectivity index (χ0) is 12.6. The Morgan fingerprint density at radius 1 is 0.800 bits per heavy atom. The molecule has 0 aliphatic heterocycles. The van der Waals surface area contributed by atoms with Gasteiger partial charge in [0.1, 0.15) is 0 Å². The van der Waals surface area contributed by atoms with E-state index in [4.69, 9.17) is 0 Å². The quantitative estimate of drug-likeness (QED) is 0.397. The molecular weight excluding hydrogens is 433 g/mol. The van der Waals surface area contributed by atoms with Crippen molar-refractivity contribution in [1.82, 2.24) is 0 Å². The average Bonchev–Trinajstić information content (AvgIpc) is 2.45. The van der Waals surface area contributed by atoms with E-state index in [1.807, 2.05) is 60.7 Å². The maximum Gasteiger partial charge on any atom is 0.0684 e. The van der Waals surface area contributed by atoms with Gasteiger partial charge >= 0.3 is 0 Å². The molecule has 108 valence electrons. The van der Waals surface area contributed by atoms with E-state index in [0.717, 1.165) is 11.1 Å². The molecule has 20 heavy (non-hydrogen) atoms. The van der Waals surface area contributed by atoms with Crippen molar-refractivity contribution < 1.29 is 45.6 Å². The van der Waals surface area contributed by atoms with E-state index in [2.05, 4.69) is 6.08 Å². The van der Waals surface area contributed by atoms with Crippen LogP contribution in [0.3, 0.4) is 0 Å². The first-order valence-electron chi connectivity index (χ1n) is 5.76. The normalized spacial score (nSPS) is 10.0. The number of rotatable bonds is 4. The molecule has 2 rings (SSSR count). The summed E-state index contributed by atoms with van der Waals surface area (Å²) >= 11 is 0. The Balaban J connectivity index is 0.00000180. The molecule has 0 aliphatic rings. The third-order valence-electron chi connectivity index (χ3n) is 2.41. The summed E-state index contributed by atoms with van der Waals surface area (Å²) in [6, 6.07) is 19.4. The topological polar surface area (TPSA) is 17.1 Å². The van der Waals surface area contributed by atoms with Crippen LogP contribution in [0.2, 0.25) is 0 Å². The summed E-state index contributed by atoms with van der Waals surface area (Å²) in [6.45, 7) is 0. The molecule has 0 radical (unpaired) electrons. The van der Waals surface area contributed by atoms with Crippen LogP contribution in [0, 0.1) is 6.08 Å². The summed E-state index contributed by atoms with van der Waals surface area (Å²) in [6.07, 6.45) is 7.72. The number of carbonyl (C=O) groups excluding carboxylic acids is 1. The number of allylic oxidation sites excluding steroid dienone is 2. The smallest absolute Gasteiger partial charge is 0.0684 e. The second-order valence-electron chi connectivity index (χ2n) is 3.81. The zero-order valence-electron chi connectivity index (χ0n) is 10.5. The van der Waals surface area contributed by atoms with Gasteiger partial charge in [0.2, 0.25) is 0 Å². The first-order chi connectivity index (χ1) is 8.84. The molecule has 0 fully saturated rings. The molecule has 0 bridgehead atoms. The number of ketones is 1. The second kappa shape index (κ2) is 10.7. The fraction of sp³-hybridized carbons (Fsp3) is 0. The number of carbonyl (C=O) groups is 1. The fourth-order valence-corrected chi connectivity index (χ4v) is 1.49. The summed E-state index contributed by atoms with van der Waals surface area (Å²) in [7, 11) is 0. The maximum absolute atomic E-state index is 11.6. The van der Waals surface area contributed by atoms with Crippen LogP contribution < -0.4 is 0 Å². The first-order valence-corrected chi connectivity index (χ1v) is 5.76. The Morgan fingerprint density at radius 2 is 1.30 bits per heavy atom. The first kappa shape index (κ1) is 18.9. The third kappa shape index (κ3) is 6.90. The molecule has 1 nitrogen and oxygen atoms in total. The van der Waals surface area contributed by atoms with Crippen LogP contribution in [0.4, 0.5) is 0 Å². The second-order valence-corrected chi connectivity index (χ2v) is 3.81. The number of hydrogen-bond donors (Lipinski definition) is 0. The fourth-order valence-electron chi connectivity index (χ4n) is 1.49. The van der Waals surface area contributed by atoms with Gasteiger partial charge < -0.3 is 4.79 Å². The Hall–Kier alpha value is -1.09. The van der Waals surface area contributed by atoms with Crippen molar-refractivity contribution in [2.45, 2.75) is 0 Å². The zero-order valence-corrected chi connectivity index (χ0v) is 13.7. The van der Waals surface area contributed by atoms with Gasteiger partial charge in [0.05, 0.1) is 5.78 Å². The van der Waals surface area contributed by atoms with Crippen LogP contribution in [0.25, 0.3) is 12.2 Å². The molecule has 2 aromatic rings. The van der Waals surface area contributed by atoms with E-state index in [1.165, 1.54) is 6.08 Å². The van der Waals surface area contributed by atoms with E-state index >= 15 is 0 Å². The van der Waals surface area contributed by atoms with E-state index in [0.29, 0.717) is 0 Å². The van der Waals surface area contributed by atoms with Crippen LogP contribution in [0.5, 0.6) is 0 Å². The molecule has 3 heteroatoms. The molecule has 0 atom stereocenters. The molecule has 0 N–H and O–H groups in total. The van der Waals surface area contributed by atoms with Crippen LogP contribution in [0.15, 0.2) is 66.7 Å². The molecule has 0 spiro atoms. The Bertz CT molecular complexity index is 509. The molecule has 0 saturated carbocycles. The minimum absolute atomic E-state index is 0. The van der Waals surface area contributed by atoms with Crippen molar-refractivity contribution in [3.63, 3.8) is 0 Å². The van der Waals surface area contributed by atoms with E-state index in [-0.39, 0.29) is 46.6 Å². The largest absolute Gasteiger partial charge is 0.319 e. The number of hydrogen-bond acceptors (Lipinski definition) is 1. The summed E-state index contributed by atoms with van der Waals surface area (Å²) in [4.78, 5) is 11.6. The minimum Gasteiger partial charge on any atom is -0.319 e. The predicted octanol–water partition coefficient (Wildman–Crippen LogP) is 3.78. The summed E-state index contributed by atoms with van der Waals surface area (Å²) < 4.78 is 0. The monoisotopic (exact) mass is 445 g/mol. The van der Waals surface area contributed by atoms with Gasteiger partial charge in [0, 0.05) is 40.8 Å². The molecule has 0 aromatic heterocycles. The van der Waals surface area contributed by atoms with Crippen molar-refractivity contribution in [2.75, 3.05) is 0 Å². The predicted molar refractivity (Wildman–Crippen MR) is 74.6 cm³/mol. The van der Waals surface area contributed by atoms with Gasteiger partial charge in [-0.1, -0.05) is 48.5 Å². The van der Waals surface area contributed by atoms with Crippen LogP contribution in [-0.4, -0.2) is 5.78 Å². The average molecular weight is 446 g/mol. The summed E-state index contributed by atoms with van der Waals surface area (Å²) in [5.74, 6) is -0.136. The van der Waals surface area contributed by atoms with Crippen LogP contribution in [0.1, 0.15) is 11.1 Å². The van der Waals surface area contributed by atoms with Gasteiger partial charge in [0.25, 0.3) is 0 Å². The summed E-state index contributed by atoms with van der Waals surface area (Å²) in [5.41, 5.74) is 1.98. The van der Waals surface area contributed by atoms with E-state index in [1.54, 1.807) is 12.2 Å². The molecule has 0 unspecified atom stereocenters. The van der Waals surface area contributed by atoms with Crippen molar-refractivity contribution >= 4 is 17.9 Å². The Morgan fingerprint density at radius 3 is 1.85 bits per heavy atom. The Kier molecular flexibility index (Phi) is 10.1. The van der Waals surface area contributed by atoms with Crippen molar-refractivity contribution in [3.05, 3.63) is 83.9 Å².